The molecule has 2 nitrogen and oxygen atoms in total. The van der Waals surface area contributed by atoms with Crippen LogP contribution in [0.5, 0.6) is 0 Å². The van der Waals surface area contributed by atoms with E-state index in [-0.39, 0.29) is 6.42 Å². The molecule has 0 saturated heterocycles. The van der Waals surface area contributed by atoms with Gasteiger partial charge in [0.15, 0.2) is 0 Å². The lowest BCUT2D eigenvalue weighted by atomic mass is 10.1. The number of hydrogen-bond acceptors (Lipinski definition) is 2. The molecule has 0 aliphatic heterocycles. The lowest BCUT2D eigenvalue weighted by molar-refractivity contribution is 0.435. The number of nitrogens with zero attached hydrogens (tertiary/aromatic N) is 1. The topological polar surface area (TPSA) is 33.1 Å². The summed E-state index contributed by atoms with van der Waals surface area (Å²) in [5, 5.41) is 9.43. The molecule has 2 rings (SSSR count). The molecule has 3 heteroatoms. The maximum atomic E-state index is 12.9. The quantitative estimate of drug-likeness (QED) is 0.760. The van der Waals surface area contributed by atoms with Crippen molar-refractivity contribution in [3.8, 4) is 0 Å². The van der Waals surface area contributed by atoms with Gasteiger partial charge >= 0.3 is 0 Å². The van der Waals surface area contributed by atoms with Crippen molar-refractivity contribution in [2.45, 2.75) is 6.42 Å². The van der Waals surface area contributed by atoms with Crippen molar-refractivity contribution in [2.24, 2.45) is 0 Å². The normalized spacial score (nSPS) is 11.9. The molecule has 76 valence electrons. The summed E-state index contributed by atoms with van der Waals surface area (Å²) < 4.78 is 12.9. The average Bonchev–Trinajstić information content (AvgIpc) is 2.29. The Kier molecular flexibility index (Phi) is 2.63. The van der Waals surface area contributed by atoms with Crippen LogP contribution in [0.4, 0.5) is 4.39 Å². The summed E-state index contributed by atoms with van der Waals surface area (Å²) in [7, 11) is 0. The van der Waals surface area contributed by atoms with Gasteiger partial charge in [-0.15, -0.1) is 0 Å². The maximum absolute atomic E-state index is 12.9. The molecule has 0 aliphatic rings. The Morgan fingerprint density at radius 2 is 2.13 bits per heavy atom. The van der Waals surface area contributed by atoms with E-state index in [2.05, 4.69) is 4.98 Å². The smallest absolute Gasteiger partial charge is 0.138 e. The van der Waals surface area contributed by atoms with E-state index >= 15 is 0 Å². The third kappa shape index (κ3) is 1.96. The molecule has 15 heavy (non-hydrogen) atoms. The molecule has 0 amide bonds. The van der Waals surface area contributed by atoms with Crippen molar-refractivity contribution in [2.75, 3.05) is 0 Å². The minimum absolute atomic E-state index is 0.0968. The second-order valence-electron chi connectivity index (χ2n) is 3.24. The van der Waals surface area contributed by atoms with Gasteiger partial charge in [-0.1, -0.05) is 18.2 Å². The molecule has 1 heterocycles. The highest BCUT2D eigenvalue weighted by atomic mass is 19.1. The first-order valence-corrected chi connectivity index (χ1v) is 4.62. The van der Waals surface area contributed by atoms with Crippen LogP contribution in [0.15, 0.2) is 48.6 Å². The first-order chi connectivity index (χ1) is 7.31. The van der Waals surface area contributed by atoms with E-state index in [1.54, 1.807) is 12.3 Å². The molecule has 0 bridgehead atoms. The fourth-order valence-electron chi connectivity index (χ4n) is 1.54. The van der Waals surface area contributed by atoms with Crippen LogP contribution < -0.4 is 0 Å². The lowest BCUT2D eigenvalue weighted by Gasteiger charge is -2.03. The first kappa shape index (κ1) is 9.65. The lowest BCUT2D eigenvalue weighted by Crippen LogP contribution is -1.89. The van der Waals surface area contributed by atoms with E-state index in [1.807, 2.05) is 24.3 Å². The number of para-hydroxylation sites is 1. The Bertz CT molecular complexity index is 502. The number of benzene rings is 1. The Hall–Kier alpha value is -1.90. The van der Waals surface area contributed by atoms with Crippen molar-refractivity contribution in [1.29, 1.82) is 0 Å². The second kappa shape index (κ2) is 4.09. The predicted molar refractivity (Wildman–Crippen MR) is 57.3 cm³/mol. The summed E-state index contributed by atoms with van der Waals surface area (Å²) in [5.41, 5.74) is 1.66. The van der Waals surface area contributed by atoms with Crippen LogP contribution in [0.1, 0.15) is 5.56 Å². The van der Waals surface area contributed by atoms with Gasteiger partial charge in [-0.3, -0.25) is 4.98 Å². The molecular weight excluding hydrogens is 193 g/mol. The van der Waals surface area contributed by atoms with Crippen LogP contribution in [0.25, 0.3) is 10.9 Å². The van der Waals surface area contributed by atoms with E-state index in [1.165, 1.54) is 0 Å². The number of rotatable bonds is 2. The van der Waals surface area contributed by atoms with Gasteiger partial charge in [-0.05, 0) is 17.7 Å². The number of fused-ring (bicyclic) bond motifs is 1. The molecule has 1 aromatic carbocycles. The molecule has 0 saturated carbocycles. The van der Waals surface area contributed by atoms with Crippen LogP contribution in [0, 0.1) is 0 Å². The number of hydrogen-bond donors (Lipinski definition) is 1. The Balaban J connectivity index is 2.51. The molecular formula is C12H10FNO. The summed E-state index contributed by atoms with van der Waals surface area (Å²) in [6.07, 6.45) is 2.23. The van der Waals surface area contributed by atoms with Gasteiger partial charge in [0.2, 0.25) is 0 Å². The summed E-state index contributed by atoms with van der Waals surface area (Å²) in [6.45, 7) is 0. The maximum Gasteiger partial charge on any atom is 0.138 e. The molecule has 0 radical (unpaired) electrons. The van der Waals surface area contributed by atoms with Gasteiger partial charge in [0.1, 0.15) is 12.1 Å². The molecule has 0 fully saturated rings. The highest BCUT2D eigenvalue weighted by Crippen LogP contribution is 2.19. The fraction of sp³-hybridized carbons (Fsp3) is 0.0833. The number of pyridine rings is 1. The molecule has 0 unspecified atom stereocenters. The van der Waals surface area contributed by atoms with Crippen molar-refractivity contribution in [3.05, 3.63) is 54.2 Å². The molecule has 0 aliphatic carbocycles. The summed E-state index contributed by atoms with van der Waals surface area (Å²) >= 11 is 0. The number of aliphatic hydroxyl groups excluding tert-OH is 1. The molecule has 1 N–H and O–H groups in total. The molecule has 0 atom stereocenters. The fourth-order valence-corrected chi connectivity index (χ4v) is 1.54. The van der Waals surface area contributed by atoms with Gasteiger partial charge in [-0.2, -0.15) is 0 Å². The Morgan fingerprint density at radius 1 is 1.33 bits per heavy atom. The Labute approximate surface area is 86.7 Å². The third-order valence-electron chi connectivity index (χ3n) is 2.24. The highest BCUT2D eigenvalue weighted by Gasteiger charge is 2.03. The zero-order valence-electron chi connectivity index (χ0n) is 8.02. The van der Waals surface area contributed by atoms with Gasteiger partial charge in [0.25, 0.3) is 0 Å². The van der Waals surface area contributed by atoms with Gasteiger partial charge < -0.3 is 5.11 Å². The highest BCUT2D eigenvalue weighted by molar-refractivity contribution is 5.82. The largest absolute Gasteiger partial charge is 0.513 e. The van der Waals surface area contributed by atoms with Crippen LogP contribution in [-0.4, -0.2) is 10.1 Å². The summed E-state index contributed by atoms with van der Waals surface area (Å²) in [6, 6.07) is 9.29. The van der Waals surface area contributed by atoms with Gasteiger partial charge in [0, 0.05) is 18.0 Å². The van der Waals surface area contributed by atoms with Crippen LogP contribution in [0.2, 0.25) is 0 Å². The third-order valence-corrected chi connectivity index (χ3v) is 2.24. The first-order valence-electron chi connectivity index (χ1n) is 4.62. The number of allylic oxidation sites excluding steroid dienone is 1. The second-order valence-corrected chi connectivity index (χ2v) is 3.24. The van der Waals surface area contributed by atoms with Gasteiger partial charge in [0.05, 0.1) is 5.52 Å². The van der Waals surface area contributed by atoms with E-state index < -0.39 is 5.83 Å². The van der Waals surface area contributed by atoms with Crippen LogP contribution in [-0.2, 0) is 6.42 Å². The van der Waals surface area contributed by atoms with Crippen LogP contribution in [0.3, 0.4) is 0 Å². The van der Waals surface area contributed by atoms with Crippen molar-refractivity contribution < 1.29 is 9.50 Å². The molecule has 2 aromatic rings. The zero-order chi connectivity index (χ0) is 10.7. The average molecular weight is 203 g/mol. The number of aromatic nitrogens is 1. The molecule has 1 aromatic heterocycles. The van der Waals surface area contributed by atoms with E-state index in [0.717, 1.165) is 16.5 Å². The summed E-state index contributed by atoms with van der Waals surface area (Å²) in [4.78, 5) is 4.17. The molecule has 0 spiro atoms. The number of aliphatic hydroxyl groups is 1. The van der Waals surface area contributed by atoms with Crippen LogP contribution >= 0.6 is 0 Å². The van der Waals surface area contributed by atoms with Crippen molar-refractivity contribution in [1.82, 2.24) is 4.98 Å². The van der Waals surface area contributed by atoms with Crippen molar-refractivity contribution >= 4 is 10.9 Å². The SMILES string of the molecule is O/C=C(\F)Cc1ccnc2ccccc12. The van der Waals surface area contributed by atoms with E-state index in [0.29, 0.717) is 6.26 Å². The minimum Gasteiger partial charge on any atom is -0.513 e. The van der Waals surface area contributed by atoms with E-state index in [4.69, 9.17) is 5.11 Å². The monoisotopic (exact) mass is 203 g/mol. The standard InChI is InChI=1S/C12H10FNO/c13-10(8-15)7-9-5-6-14-12-4-2-1-3-11(9)12/h1-6,8,15H,7H2/b10-8-. The Morgan fingerprint density at radius 3 is 2.93 bits per heavy atom. The number of halogens is 1. The van der Waals surface area contributed by atoms with Gasteiger partial charge in [-0.25, -0.2) is 4.39 Å². The predicted octanol–water partition coefficient (Wildman–Crippen LogP) is 3.15. The van der Waals surface area contributed by atoms with Crippen molar-refractivity contribution in [3.63, 3.8) is 0 Å². The van der Waals surface area contributed by atoms with E-state index in [9.17, 15) is 4.39 Å². The zero-order valence-corrected chi connectivity index (χ0v) is 8.02. The minimum atomic E-state index is -0.550. The summed E-state index contributed by atoms with van der Waals surface area (Å²) in [5.74, 6) is -0.550.